The highest BCUT2D eigenvalue weighted by molar-refractivity contribution is 6.27. The van der Waals surface area contributed by atoms with Gasteiger partial charge in [-0.2, -0.15) is 0 Å². The molecule has 1 saturated carbocycles. The molecule has 4 rings (SSSR count). The first kappa shape index (κ1) is 14.0. The van der Waals surface area contributed by atoms with Crippen molar-refractivity contribution in [1.29, 1.82) is 0 Å². The lowest BCUT2D eigenvalue weighted by molar-refractivity contribution is -0.130. The first-order valence-electron chi connectivity index (χ1n) is 7.82. The molecule has 1 aromatic carbocycles. The molecule has 1 aliphatic carbocycles. The van der Waals surface area contributed by atoms with Crippen molar-refractivity contribution in [3.8, 4) is 11.1 Å². The van der Waals surface area contributed by atoms with Crippen LogP contribution in [0.5, 0.6) is 0 Å². The lowest BCUT2D eigenvalue weighted by atomic mass is 9.69. The zero-order chi connectivity index (χ0) is 16.2. The number of hydrogen-bond donors (Lipinski definition) is 1. The normalized spacial score (nSPS) is 18.7. The number of rotatable bonds is 2. The monoisotopic (exact) mass is 307 g/mol. The van der Waals surface area contributed by atoms with Gasteiger partial charge in [0.2, 0.25) is 0 Å². The third-order valence-electron chi connectivity index (χ3n) is 5.05. The van der Waals surface area contributed by atoms with E-state index in [2.05, 4.69) is 0 Å². The second kappa shape index (κ2) is 4.69. The number of carbonyl (C=O) groups is 2. The maximum Gasteiger partial charge on any atom is 0.196 e. The maximum absolute atomic E-state index is 12.8. The molecule has 2 heterocycles. The molecule has 0 bridgehead atoms. The average Bonchev–Trinajstić information content (AvgIpc) is 2.92. The highest BCUT2D eigenvalue weighted by Gasteiger charge is 2.52. The lowest BCUT2D eigenvalue weighted by Crippen LogP contribution is -2.51. The summed E-state index contributed by atoms with van der Waals surface area (Å²) in [4.78, 5) is 24.7. The van der Waals surface area contributed by atoms with E-state index in [1.807, 2.05) is 47.2 Å². The molecule has 1 spiro atoms. The molecule has 23 heavy (non-hydrogen) atoms. The van der Waals surface area contributed by atoms with Crippen LogP contribution in [-0.4, -0.2) is 21.2 Å². The molecular formula is C19H17NO3. The summed E-state index contributed by atoms with van der Waals surface area (Å²) >= 11 is 0. The van der Waals surface area contributed by atoms with Crippen LogP contribution in [0.4, 0.5) is 0 Å². The Morgan fingerprint density at radius 3 is 2.43 bits per heavy atom. The molecule has 4 heteroatoms. The largest absolute Gasteiger partial charge is 0.505 e. The topological polar surface area (TPSA) is 59.3 Å². The number of aliphatic hydroxyl groups excluding tert-OH is 1. The van der Waals surface area contributed by atoms with Gasteiger partial charge in [0.25, 0.3) is 0 Å². The summed E-state index contributed by atoms with van der Waals surface area (Å²) in [6, 6.07) is 11.7. The molecule has 1 aromatic heterocycles. The van der Waals surface area contributed by atoms with Gasteiger partial charge in [0, 0.05) is 11.8 Å². The zero-order valence-corrected chi connectivity index (χ0v) is 12.9. The van der Waals surface area contributed by atoms with E-state index < -0.39 is 5.54 Å². The number of nitrogens with zero attached hydrogens (tertiary/aromatic N) is 1. The third-order valence-corrected chi connectivity index (χ3v) is 5.05. The van der Waals surface area contributed by atoms with E-state index in [-0.39, 0.29) is 22.9 Å². The third kappa shape index (κ3) is 1.78. The van der Waals surface area contributed by atoms with Crippen molar-refractivity contribution in [3.63, 3.8) is 0 Å². The number of ketones is 2. The maximum atomic E-state index is 12.8. The summed E-state index contributed by atoms with van der Waals surface area (Å²) in [7, 11) is 0. The Morgan fingerprint density at radius 1 is 1.17 bits per heavy atom. The predicted octanol–water partition coefficient (Wildman–Crippen LogP) is 3.48. The van der Waals surface area contributed by atoms with Crippen LogP contribution in [0.2, 0.25) is 0 Å². The molecule has 1 fully saturated rings. The molecule has 4 nitrogen and oxygen atoms in total. The van der Waals surface area contributed by atoms with E-state index in [4.69, 9.17) is 0 Å². The minimum atomic E-state index is -0.685. The van der Waals surface area contributed by atoms with Crippen LogP contribution in [0.25, 0.3) is 16.9 Å². The summed E-state index contributed by atoms with van der Waals surface area (Å²) in [5.74, 6) is -0.800. The van der Waals surface area contributed by atoms with Crippen LogP contribution < -0.4 is 0 Å². The van der Waals surface area contributed by atoms with Crippen LogP contribution in [0.3, 0.4) is 0 Å². The van der Waals surface area contributed by atoms with E-state index in [0.717, 1.165) is 17.5 Å². The van der Waals surface area contributed by atoms with E-state index in [1.165, 1.54) is 6.92 Å². The second-order valence-corrected chi connectivity index (χ2v) is 6.34. The Kier molecular flexibility index (Phi) is 2.85. The second-order valence-electron chi connectivity index (χ2n) is 6.34. The molecule has 0 amide bonds. The average molecular weight is 307 g/mol. The minimum Gasteiger partial charge on any atom is -0.505 e. The Morgan fingerprint density at radius 2 is 1.87 bits per heavy atom. The number of fused-ring (bicyclic) bond motifs is 2. The fourth-order valence-corrected chi connectivity index (χ4v) is 3.67. The van der Waals surface area contributed by atoms with Crippen molar-refractivity contribution in [3.05, 3.63) is 53.9 Å². The summed E-state index contributed by atoms with van der Waals surface area (Å²) in [6.45, 7) is 1.34. The molecule has 0 saturated heterocycles. The van der Waals surface area contributed by atoms with Gasteiger partial charge < -0.3 is 9.67 Å². The van der Waals surface area contributed by atoms with Crippen molar-refractivity contribution in [1.82, 2.24) is 4.57 Å². The molecule has 2 aliphatic rings. The number of allylic oxidation sites excluding steroid dienone is 1. The van der Waals surface area contributed by atoms with Crippen molar-refractivity contribution < 1.29 is 14.7 Å². The van der Waals surface area contributed by atoms with Gasteiger partial charge in [-0.15, -0.1) is 0 Å². The van der Waals surface area contributed by atoms with Gasteiger partial charge in [0.1, 0.15) is 11.1 Å². The molecule has 0 unspecified atom stereocenters. The summed E-state index contributed by atoms with van der Waals surface area (Å²) in [5.41, 5.74) is 1.79. The number of carbonyl (C=O) groups excluding carboxylic acids is 2. The van der Waals surface area contributed by atoms with E-state index in [9.17, 15) is 14.7 Å². The van der Waals surface area contributed by atoms with Crippen molar-refractivity contribution in [2.45, 2.75) is 31.7 Å². The van der Waals surface area contributed by atoms with Crippen LogP contribution in [0.1, 0.15) is 31.9 Å². The highest BCUT2D eigenvalue weighted by atomic mass is 16.3. The Bertz CT molecular complexity index is 854. The van der Waals surface area contributed by atoms with Gasteiger partial charge in [-0.3, -0.25) is 9.59 Å². The van der Waals surface area contributed by atoms with Gasteiger partial charge in [0.05, 0.1) is 5.69 Å². The molecule has 2 aromatic rings. The molecule has 116 valence electrons. The quantitative estimate of drug-likeness (QED) is 0.864. The number of benzene rings is 1. The van der Waals surface area contributed by atoms with Crippen molar-refractivity contribution >= 4 is 17.3 Å². The molecule has 1 aliphatic heterocycles. The van der Waals surface area contributed by atoms with Crippen LogP contribution >= 0.6 is 0 Å². The fraction of sp³-hybridized carbons (Fsp3) is 0.263. The predicted molar refractivity (Wildman–Crippen MR) is 86.9 cm³/mol. The zero-order valence-electron chi connectivity index (χ0n) is 12.9. The number of aliphatic hydroxyl groups is 1. The number of Topliss-reactive ketones (excluding diaryl/α,β-unsaturated/α-hetero) is 2. The van der Waals surface area contributed by atoms with Gasteiger partial charge in [-0.05, 0) is 37.8 Å². The number of hydrogen-bond acceptors (Lipinski definition) is 3. The minimum absolute atomic E-state index is 0.0464. The molecule has 0 atom stereocenters. The molecular weight excluding hydrogens is 290 g/mol. The lowest BCUT2D eigenvalue weighted by Gasteiger charge is -2.45. The van der Waals surface area contributed by atoms with Gasteiger partial charge in [-0.25, -0.2) is 0 Å². The van der Waals surface area contributed by atoms with Gasteiger partial charge in [-0.1, -0.05) is 30.3 Å². The Balaban J connectivity index is 1.96. The van der Waals surface area contributed by atoms with Crippen LogP contribution in [-0.2, 0) is 15.1 Å². The summed E-state index contributed by atoms with van der Waals surface area (Å²) < 4.78 is 1.88. The Hall–Kier alpha value is -2.62. The van der Waals surface area contributed by atoms with Crippen LogP contribution in [0.15, 0.2) is 48.2 Å². The molecule has 0 radical (unpaired) electrons. The first-order valence-corrected chi connectivity index (χ1v) is 7.82. The highest BCUT2D eigenvalue weighted by Crippen LogP contribution is 2.48. The van der Waals surface area contributed by atoms with Crippen molar-refractivity contribution in [2.24, 2.45) is 0 Å². The van der Waals surface area contributed by atoms with Crippen molar-refractivity contribution in [2.75, 3.05) is 0 Å². The van der Waals surface area contributed by atoms with E-state index in [1.54, 1.807) is 0 Å². The van der Waals surface area contributed by atoms with E-state index >= 15 is 0 Å². The smallest absolute Gasteiger partial charge is 0.196 e. The summed E-state index contributed by atoms with van der Waals surface area (Å²) in [6.07, 6.45) is 4.31. The van der Waals surface area contributed by atoms with Gasteiger partial charge in [0.15, 0.2) is 17.3 Å². The standard InChI is InChI=1S/C19H17NO3/c1-12(21)16-17(22)15-10-14(13-6-3-2-4-7-13)11-20(15)19(18(16)23)8-5-9-19/h2-4,6-7,10-11,22H,5,8-9H2,1H3. The SMILES string of the molecule is CC(=O)C1=C(O)c2cc(-c3ccccc3)cn2C2(CCC2)C1=O. The van der Waals surface area contributed by atoms with Gasteiger partial charge >= 0.3 is 0 Å². The Labute approximate surface area is 134 Å². The van der Waals surface area contributed by atoms with Crippen LogP contribution in [0, 0.1) is 0 Å². The number of aromatic nitrogens is 1. The van der Waals surface area contributed by atoms with E-state index in [0.29, 0.717) is 18.5 Å². The fourth-order valence-electron chi connectivity index (χ4n) is 3.67. The molecule has 1 N–H and O–H groups in total. The first-order chi connectivity index (χ1) is 11.0. The summed E-state index contributed by atoms with van der Waals surface area (Å²) in [5, 5.41) is 10.5.